The lowest BCUT2D eigenvalue weighted by atomic mass is 10.1. The molecule has 0 saturated heterocycles. The van der Waals surface area contributed by atoms with Crippen molar-refractivity contribution in [3.63, 3.8) is 0 Å². The second-order valence-corrected chi connectivity index (χ2v) is 8.21. The van der Waals surface area contributed by atoms with Gasteiger partial charge in [0.05, 0.1) is 15.5 Å². The number of benzene rings is 1. The highest BCUT2D eigenvalue weighted by atomic mass is 35.5. The van der Waals surface area contributed by atoms with Crippen LogP contribution in [0.1, 0.15) is 22.3 Å². The zero-order valence-corrected chi connectivity index (χ0v) is 15.6. The predicted octanol–water partition coefficient (Wildman–Crippen LogP) is 2.35. The number of sulfonamides is 1. The molecule has 1 amide bonds. The Morgan fingerprint density at radius 2 is 2.04 bits per heavy atom. The first kappa shape index (κ1) is 19.4. The summed E-state index contributed by atoms with van der Waals surface area (Å²) in [7, 11) is -0.758. The summed E-state index contributed by atoms with van der Waals surface area (Å²) in [6.07, 6.45) is 5.03. The standard InChI is InChI=1S/C17H20ClN3O3S/c1-21(2)25(23,24)14-7-8-16(18)15(11-14)17(22)20-10-4-6-13-5-3-9-19-12-13/h3,5,7-9,11-12H,4,6,10H2,1-2H3,(H,20,22). The molecule has 0 spiro atoms. The van der Waals surface area contributed by atoms with Gasteiger partial charge in [0, 0.05) is 33.0 Å². The number of hydrogen-bond acceptors (Lipinski definition) is 4. The third kappa shape index (κ3) is 5.01. The topological polar surface area (TPSA) is 79.4 Å². The van der Waals surface area contributed by atoms with Gasteiger partial charge in [-0.1, -0.05) is 17.7 Å². The van der Waals surface area contributed by atoms with Gasteiger partial charge in [-0.05, 0) is 42.7 Å². The van der Waals surface area contributed by atoms with Crippen LogP contribution < -0.4 is 5.32 Å². The van der Waals surface area contributed by atoms with Gasteiger partial charge >= 0.3 is 0 Å². The second-order valence-electron chi connectivity index (χ2n) is 5.65. The minimum atomic E-state index is -3.62. The van der Waals surface area contributed by atoms with Crippen molar-refractivity contribution in [2.75, 3.05) is 20.6 Å². The van der Waals surface area contributed by atoms with E-state index in [0.29, 0.717) is 6.54 Å². The molecule has 2 rings (SSSR count). The number of aromatic nitrogens is 1. The molecular formula is C17H20ClN3O3S. The minimum Gasteiger partial charge on any atom is -0.352 e. The molecule has 2 aromatic rings. The van der Waals surface area contributed by atoms with Crippen LogP contribution in [-0.2, 0) is 16.4 Å². The van der Waals surface area contributed by atoms with Gasteiger partial charge in [0.25, 0.3) is 5.91 Å². The summed E-state index contributed by atoms with van der Waals surface area (Å²) in [5.74, 6) is -0.396. The smallest absolute Gasteiger partial charge is 0.252 e. The van der Waals surface area contributed by atoms with E-state index in [9.17, 15) is 13.2 Å². The van der Waals surface area contributed by atoms with Crippen LogP contribution in [0.25, 0.3) is 0 Å². The Hall–Kier alpha value is -1.96. The lowest BCUT2D eigenvalue weighted by Gasteiger charge is -2.13. The molecule has 25 heavy (non-hydrogen) atoms. The monoisotopic (exact) mass is 381 g/mol. The first-order chi connectivity index (χ1) is 11.8. The van der Waals surface area contributed by atoms with Crippen LogP contribution in [0.15, 0.2) is 47.6 Å². The normalized spacial score (nSPS) is 11.5. The molecule has 0 unspecified atom stereocenters. The zero-order chi connectivity index (χ0) is 18.4. The summed E-state index contributed by atoms with van der Waals surface area (Å²) < 4.78 is 25.5. The van der Waals surface area contributed by atoms with Gasteiger partial charge in [0.1, 0.15) is 0 Å². The van der Waals surface area contributed by atoms with E-state index >= 15 is 0 Å². The maximum atomic E-state index is 12.3. The van der Waals surface area contributed by atoms with E-state index in [2.05, 4.69) is 10.3 Å². The highest BCUT2D eigenvalue weighted by Crippen LogP contribution is 2.22. The number of aryl methyl sites for hydroxylation is 1. The molecule has 0 fully saturated rings. The number of pyridine rings is 1. The van der Waals surface area contributed by atoms with Crippen LogP contribution in [0.3, 0.4) is 0 Å². The van der Waals surface area contributed by atoms with Gasteiger partial charge in [-0.2, -0.15) is 0 Å². The number of nitrogens with zero attached hydrogens (tertiary/aromatic N) is 2. The Bertz CT molecular complexity index is 839. The highest BCUT2D eigenvalue weighted by molar-refractivity contribution is 7.89. The average molecular weight is 382 g/mol. The van der Waals surface area contributed by atoms with Gasteiger partial charge < -0.3 is 5.32 Å². The Kier molecular flexibility index (Phi) is 6.52. The van der Waals surface area contributed by atoms with Crippen molar-refractivity contribution in [3.05, 3.63) is 58.9 Å². The predicted molar refractivity (Wildman–Crippen MR) is 97.2 cm³/mol. The van der Waals surface area contributed by atoms with Crippen molar-refractivity contribution < 1.29 is 13.2 Å². The molecule has 0 atom stereocenters. The molecule has 8 heteroatoms. The molecule has 0 aliphatic rings. The molecule has 0 aliphatic heterocycles. The summed E-state index contributed by atoms with van der Waals surface area (Å²) in [5, 5.41) is 2.98. The van der Waals surface area contributed by atoms with E-state index < -0.39 is 15.9 Å². The molecule has 6 nitrogen and oxygen atoms in total. The molecule has 1 heterocycles. The van der Waals surface area contributed by atoms with Gasteiger partial charge in [0.2, 0.25) is 10.0 Å². The Morgan fingerprint density at radius 1 is 1.28 bits per heavy atom. The van der Waals surface area contributed by atoms with E-state index in [4.69, 9.17) is 11.6 Å². The number of carbonyl (C=O) groups is 1. The summed E-state index contributed by atoms with van der Waals surface area (Å²) in [6, 6.07) is 7.94. The maximum Gasteiger partial charge on any atom is 0.252 e. The second kappa shape index (κ2) is 8.42. The van der Waals surface area contributed by atoms with Crippen molar-refractivity contribution in [3.8, 4) is 0 Å². The molecule has 0 bridgehead atoms. The van der Waals surface area contributed by atoms with Crippen LogP contribution in [0.4, 0.5) is 0 Å². The quantitative estimate of drug-likeness (QED) is 0.746. The summed E-state index contributed by atoms with van der Waals surface area (Å²) in [4.78, 5) is 16.4. The summed E-state index contributed by atoms with van der Waals surface area (Å²) in [6.45, 7) is 0.453. The Balaban J connectivity index is 2.01. The first-order valence-electron chi connectivity index (χ1n) is 7.71. The third-order valence-electron chi connectivity index (χ3n) is 3.61. The van der Waals surface area contributed by atoms with E-state index in [0.717, 1.165) is 22.7 Å². The maximum absolute atomic E-state index is 12.3. The number of carbonyl (C=O) groups excluding carboxylic acids is 1. The molecule has 0 aliphatic carbocycles. The molecule has 0 radical (unpaired) electrons. The van der Waals surface area contributed by atoms with Crippen molar-refractivity contribution in [2.45, 2.75) is 17.7 Å². The number of halogens is 1. The van der Waals surface area contributed by atoms with Crippen molar-refractivity contribution >= 4 is 27.5 Å². The average Bonchev–Trinajstić information content (AvgIpc) is 2.59. The SMILES string of the molecule is CN(C)S(=O)(=O)c1ccc(Cl)c(C(=O)NCCCc2cccnc2)c1. The van der Waals surface area contributed by atoms with Gasteiger partial charge in [-0.15, -0.1) is 0 Å². The van der Waals surface area contributed by atoms with Crippen LogP contribution >= 0.6 is 11.6 Å². The molecule has 1 aromatic heterocycles. The highest BCUT2D eigenvalue weighted by Gasteiger charge is 2.20. The fourth-order valence-electron chi connectivity index (χ4n) is 2.19. The molecular weight excluding hydrogens is 362 g/mol. The van der Waals surface area contributed by atoms with Crippen molar-refractivity contribution in [2.24, 2.45) is 0 Å². The lowest BCUT2D eigenvalue weighted by Crippen LogP contribution is -2.26. The Labute approximate surface area is 152 Å². The van der Waals surface area contributed by atoms with Crippen LogP contribution in [0.5, 0.6) is 0 Å². The van der Waals surface area contributed by atoms with Crippen LogP contribution in [0, 0.1) is 0 Å². The lowest BCUT2D eigenvalue weighted by molar-refractivity contribution is 0.0953. The minimum absolute atomic E-state index is 0.0300. The molecule has 134 valence electrons. The summed E-state index contributed by atoms with van der Waals surface area (Å²) in [5.41, 5.74) is 1.24. The van der Waals surface area contributed by atoms with E-state index in [-0.39, 0.29) is 15.5 Å². The first-order valence-corrected chi connectivity index (χ1v) is 9.53. The van der Waals surface area contributed by atoms with Gasteiger partial charge in [0.15, 0.2) is 0 Å². The van der Waals surface area contributed by atoms with E-state index in [1.807, 2.05) is 12.1 Å². The zero-order valence-electron chi connectivity index (χ0n) is 14.1. The van der Waals surface area contributed by atoms with Crippen molar-refractivity contribution in [1.82, 2.24) is 14.6 Å². The van der Waals surface area contributed by atoms with Crippen LogP contribution in [-0.4, -0.2) is 44.3 Å². The van der Waals surface area contributed by atoms with Crippen molar-refractivity contribution in [1.29, 1.82) is 0 Å². The molecule has 1 N–H and O–H groups in total. The summed E-state index contributed by atoms with van der Waals surface area (Å²) >= 11 is 6.05. The van der Waals surface area contributed by atoms with Gasteiger partial charge in [-0.3, -0.25) is 9.78 Å². The number of hydrogen-bond donors (Lipinski definition) is 1. The Morgan fingerprint density at radius 3 is 2.68 bits per heavy atom. The number of rotatable bonds is 7. The fourth-order valence-corrected chi connectivity index (χ4v) is 3.32. The number of nitrogens with one attached hydrogen (secondary N) is 1. The largest absolute Gasteiger partial charge is 0.352 e. The van der Waals surface area contributed by atoms with Gasteiger partial charge in [-0.25, -0.2) is 12.7 Å². The van der Waals surface area contributed by atoms with E-state index in [1.54, 1.807) is 12.4 Å². The molecule has 1 aromatic carbocycles. The van der Waals surface area contributed by atoms with Crippen LogP contribution in [0.2, 0.25) is 5.02 Å². The third-order valence-corrected chi connectivity index (χ3v) is 5.75. The number of amides is 1. The fraction of sp³-hybridized carbons (Fsp3) is 0.294. The van der Waals surface area contributed by atoms with E-state index in [1.165, 1.54) is 32.3 Å². The molecule has 0 saturated carbocycles.